The SMILES string of the molecule is CCCNC(C)(CN1CCc2ccccc2C1)C(=O)OC. The number of carbonyl (C=O) groups is 1. The van der Waals surface area contributed by atoms with Crippen molar-refractivity contribution in [3.63, 3.8) is 0 Å². The molecule has 1 atom stereocenters. The lowest BCUT2D eigenvalue weighted by Crippen LogP contribution is -2.58. The van der Waals surface area contributed by atoms with Crippen LogP contribution in [0.1, 0.15) is 31.4 Å². The molecule has 1 heterocycles. The summed E-state index contributed by atoms with van der Waals surface area (Å²) in [6.07, 6.45) is 2.04. The zero-order valence-corrected chi connectivity index (χ0v) is 13.3. The molecule has 1 aromatic rings. The summed E-state index contributed by atoms with van der Waals surface area (Å²) < 4.78 is 5.00. The minimum atomic E-state index is -0.642. The molecule has 0 bridgehead atoms. The summed E-state index contributed by atoms with van der Waals surface area (Å²) in [4.78, 5) is 14.5. The van der Waals surface area contributed by atoms with E-state index in [4.69, 9.17) is 4.74 Å². The molecule has 1 unspecified atom stereocenters. The molecule has 4 nitrogen and oxygen atoms in total. The van der Waals surface area contributed by atoms with E-state index in [0.717, 1.165) is 32.5 Å². The van der Waals surface area contributed by atoms with Crippen LogP contribution in [-0.2, 0) is 22.5 Å². The molecule has 21 heavy (non-hydrogen) atoms. The predicted octanol–water partition coefficient (Wildman–Crippen LogP) is 1.98. The molecule has 0 amide bonds. The van der Waals surface area contributed by atoms with E-state index in [-0.39, 0.29) is 5.97 Å². The van der Waals surface area contributed by atoms with E-state index < -0.39 is 5.54 Å². The van der Waals surface area contributed by atoms with Gasteiger partial charge >= 0.3 is 5.97 Å². The van der Waals surface area contributed by atoms with Crippen LogP contribution in [-0.4, -0.2) is 43.2 Å². The van der Waals surface area contributed by atoms with Crippen molar-refractivity contribution in [1.82, 2.24) is 10.2 Å². The van der Waals surface area contributed by atoms with Gasteiger partial charge in [0.1, 0.15) is 5.54 Å². The standard InChI is InChI=1S/C17H26N2O2/c1-4-10-18-17(2,16(20)21-3)13-19-11-9-14-7-5-6-8-15(14)12-19/h5-8,18H,4,9-13H2,1-3H3. The highest BCUT2D eigenvalue weighted by molar-refractivity contribution is 5.80. The molecule has 0 aromatic heterocycles. The van der Waals surface area contributed by atoms with E-state index in [1.54, 1.807) is 0 Å². The zero-order chi connectivity index (χ0) is 15.3. The predicted molar refractivity (Wildman–Crippen MR) is 84.1 cm³/mol. The number of hydrogen-bond donors (Lipinski definition) is 1. The summed E-state index contributed by atoms with van der Waals surface area (Å²) in [6.45, 7) is 7.41. The molecule has 0 spiro atoms. The average molecular weight is 290 g/mol. The van der Waals surface area contributed by atoms with Crippen LogP contribution >= 0.6 is 0 Å². The first-order chi connectivity index (χ1) is 10.1. The third-order valence-electron chi connectivity index (χ3n) is 4.15. The molecule has 0 radical (unpaired) electrons. The second kappa shape index (κ2) is 7.05. The van der Waals surface area contributed by atoms with Crippen LogP contribution in [0.5, 0.6) is 0 Å². The van der Waals surface area contributed by atoms with E-state index in [1.165, 1.54) is 18.2 Å². The summed E-state index contributed by atoms with van der Waals surface area (Å²) in [5.41, 5.74) is 2.15. The summed E-state index contributed by atoms with van der Waals surface area (Å²) in [5, 5.41) is 3.35. The molecule has 1 aliphatic heterocycles. The number of fused-ring (bicyclic) bond motifs is 1. The molecule has 116 valence electrons. The normalized spacial score (nSPS) is 17.9. The highest BCUT2D eigenvalue weighted by atomic mass is 16.5. The Hall–Kier alpha value is -1.39. The second-order valence-corrected chi connectivity index (χ2v) is 5.98. The quantitative estimate of drug-likeness (QED) is 0.813. The highest BCUT2D eigenvalue weighted by Crippen LogP contribution is 2.20. The Labute approximate surface area is 127 Å². The third-order valence-corrected chi connectivity index (χ3v) is 4.15. The number of nitrogens with zero attached hydrogens (tertiary/aromatic N) is 1. The number of hydrogen-bond acceptors (Lipinski definition) is 4. The van der Waals surface area contributed by atoms with Gasteiger partial charge in [0.15, 0.2) is 0 Å². The van der Waals surface area contributed by atoms with Crippen molar-refractivity contribution >= 4 is 5.97 Å². The maximum Gasteiger partial charge on any atom is 0.327 e. The van der Waals surface area contributed by atoms with E-state index >= 15 is 0 Å². The molecule has 1 aromatic carbocycles. The number of ether oxygens (including phenoxy) is 1. The molecule has 4 heteroatoms. The van der Waals surface area contributed by atoms with Crippen molar-refractivity contribution in [2.24, 2.45) is 0 Å². The van der Waals surface area contributed by atoms with Gasteiger partial charge in [-0.15, -0.1) is 0 Å². The maximum atomic E-state index is 12.1. The average Bonchev–Trinajstić information content (AvgIpc) is 2.52. The van der Waals surface area contributed by atoms with Crippen LogP contribution in [0.3, 0.4) is 0 Å². The molecule has 1 N–H and O–H groups in total. The molecular formula is C17H26N2O2. The van der Waals surface area contributed by atoms with Crippen LogP contribution in [0.2, 0.25) is 0 Å². The largest absolute Gasteiger partial charge is 0.468 e. The Morgan fingerprint density at radius 3 is 2.76 bits per heavy atom. The lowest BCUT2D eigenvalue weighted by Gasteiger charge is -2.36. The van der Waals surface area contributed by atoms with Gasteiger partial charge in [0, 0.05) is 19.6 Å². The molecule has 0 saturated carbocycles. The topological polar surface area (TPSA) is 41.6 Å². The first-order valence-electron chi connectivity index (χ1n) is 7.71. The fourth-order valence-corrected chi connectivity index (χ4v) is 2.96. The van der Waals surface area contributed by atoms with Crippen LogP contribution in [0.4, 0.5) is 0 Å². The van der Waals surface area contributed by atoms with E-state index in [1.807, 2.05) is 6.92 Å². The lowest BCUT2D eigenvalue weighted by atomic mass is 9.96. The van der Waals surface area contributed by atoms with Crippen molar-refractivity contribution in [1.29, 1.82) is 0 Å². The molecular weight excluding hydrogens is 264 g/mol. The Morgan fingerprint density at radius 1 is 1.38 bits per heavy atom. The van der Waals surface area contributed by atoms with Gasteiger partial charge in [-0.25, -0.2) is 0 Å². The van der Waals surface area contributed by atoms with Gasteiger partial charge in [0.05, 0.1) is 7.11 Å². The number of esters is 1. The van der Waals surface area contributed by atoms with Gasteiger partial charge < -0.3 is 10.1 Å². The molecule has 0 fully saturated rings. The number of methoxy groups -OCH3 is 1. The Kier molecular flexibility index (Phi) is 5.37. The summed E-state index contributed by atoms with van der Waals surface area (Å²) >= 11 is 0. The second-order valence-electron chi connectivity index (χ2n) is 5.98. The van der Waals surface area contributed by atoms with Crippen molar-refractivity contribution in [3.8, 4) is 0 Å². The van der Waals surface area contributed by atoms with Crippen molar-refractivity contribution in [3.05, 3.63) is 35.4 Å². The lowest BCUT2D eigenvalue weighted by molar-refractivity contribution is -0.148. The first-order valence-corrected chi connectivity index (χ1v) is 7.71. The van der Waals surface area contributed by atoms with Crippen LogP contribution < -0.4 is 5.32 Å². The van der Waals surface area contributed by atoms with Crippen LogP contribution in [0.15, 0.2) is 24.3 Å². The highest BCUT2D eigenvalue weighted by Gasteiger charge is 2.36. The summed E-state index contributed by atoms with van der Waals surface area (Å²) in [5.74, 6) is -0.185. The minimum absolute atomic E-state index is 0.185. The van der Waals surface area contributed by atoms with Crippen molar-refractivity contribution in [2.75, 3.05) is 26.7 Å². The first kappa shape index (κ1) is 16.0. The van der Waals surface area contributed by atoms with Crippen LogP contribution in [0.25, 0.3) is 0 Å². The third kappa shape index (κ3) is 3.83. The Bertz CT molecular complexity index is 489. The van der Waals surface area contributed by atoms with Gasteiger partial charge in [-0.2, -0.15) is 0 Å². The number of carbonyl (C=O) groups excluding carboxylic acids is 1. The van der Waals surface area contributed by atoms with Crippen molar-refractivity contribution in [2.45, 2.75) is 38.8 Å². The zero-order valence-electron chi connectivity index (χ0n) is 13.3. The van der Waals surface area contributed by atoms with Gasteiger partial charge in [0.2, 0.25) is 0 Å². The minimum Gasteiger partial charge on any atom is -0.468 e. The van der Waals surface area contributed by atoms with Gasteiger partial charge in [-0.05, 0) is 37.4 Å². The summed E-state index contributed by atoms with van der Waals surface area (Å²) in [7, 11) is 1.46. The van der Waals surface area contributed by atoms with Crippen molar-refractivity contribution < 1.29 is 9.53 Å². The van der Waals surface area contributed by atoms with Crippen LogP contribution in [0, 0.1) is 0 Å². The Balaban J connectivity index is 2.06. The summed E-state index contributed by atoms with van der Waals surface area (Å²) in [6, 6.07) is 8.55. The molecule has 0 saturated heterocycles. The van der Waals surface area contributed by atoms with Gasteiger partial charge in [0.25, 0.3) is 0 Å². The van der Waals surface area contributed by atoms with E-state index in [0.29, 0.717) is 6.54 Å². The molecule has 2 rings (SSSR count). The Morgan fingerprint density at radius 2 is 2.10 bits per heavy atom. The number of benzene rings is 1. The number of rotatable bonds is 6. The van der Waals surface area contributed by atoms with Gasteiger partial charge in [-0.1, -0.05) is 31.2 Å². The molecule has 1 aliphatic rings. The van der Waals surface area contributed by atoms with E-state index in [2.05, 4.69) is 41.4 Å². The van der Waals surface area contributed by atoms with E-state index in [9.17, 15) is 4.79 Å². The molecule has 0 aliphatic carbocycles. The number of nitrogens with one attached hydrogen (secondary N) is 1. The smallest absolute Gasteiger partial charge is 0.327 e. The monoisotopic (exact) mass is 290 g/mol. The fraction of sp³-hybridized carbons (Fsp3) is 0.588. The van der Waals surface area contributed by atoms with Gasteiger partial charge in [-0.3, -0.25) is 9.69 Å². The fourth-order valence-electron chi connectivity index (χ4n) is 2.96. The maximum absolute atomic E-state index is 12.1.